The highest BCUT2D eigenvalue weighted by Gasteiger charge is 2.20. The van der Waals surface area contributed by atoms with Crippen molar-refractivity contribution in [1.29, 1.82) is 0 Å². The van der Waals surface area contributed by atoms with Gasteiger partial charge in [-0.2, -0.15) is 0 Å². The summed E-state index contributed by atoms with van der Waals surface area (Å²) in [5.41, 5.74) is 2.34. The summed E-state index contributed by atoms with van der Waals surface area (Å²) in [5.74, 6) is 0. The predicted molar refractivity (Wildman–Crippen MR) is 108 cm³/mol. The van der Waals surface area contributed by atoms with Crippen LogP contribution in [-0.4, -0.2) is 44.3 Å². The van der Waals surface area contributed by atoms with Gasteiger partial charge in [0.1, 0.15) is 0 Å². The fourth-order valence-electron chi connectivity index (χ4n) is 2.63. The summed E-state index contributed by atoms with van der Waals surface area (Å²) in [6.45, 7) is 4.95. The second-order valence-electron chi connectivity index (χ2n) is 6.60. The molecule has 0 fully saturated rings. The number of carbonyl (C=O) groups excluding carboxylic acids is 1. The predicted octanol–water partition coefficient (Wildman–Crippen LogP) is 3.69. The maximum atomic E-state index is 12.8. The number of hydrogen-bond acceptors (Lipinski definition) is 3. The summed E-state index contributed by atoms with van der Waals surface area (Å²) < 4.78 is 25.9. The lowest BCUT2D eigenvalue weighted by atomic mass is 10.2. The van der Waals surface area contributed by atoms with Gasteiger partial charge in [-0.05, 0) is 36.6 Å². The first-order chi connectivity index (χ1) is 12.8. The molecule has 0 aliphatic carbocycles. The van der Waals surface area contributed by atoms with E-state index in [9.17, 15) is 13.2 Å². The average molecular weight is 390 g/mol. The minimum Gasteiger partial charge on any atom is -0.320 e. The SMILES string of the molecule is CCCN(Cc1ccccc1)C(=O)Nc1cc(S(=O)(=O)N(C)C)ccc1C. The molecule has 0 spiro atoms. The Bertz CT molecular complexity index is 881. The highest BCUT2D eigenvalue weighted by molar-refractivity contribution is 7.89. The number of benzene rings is 2. The molecule has 146 valence electrons. The zero-order valence-electron chi connectivity index (χ0n) is 16.3. The molecule has 2 amide bonds. The topological polar surface area (TPSA) is 69.7 Å². The molecule has 0 atom stereocenters. The van der Waals surface area contributed by atoms with E-state index in [1.165, 1.54) is 20.2 Å². The van der Waals surface area contributed by atoms with Crippen LogP contribution in [0, 0.1) is 6.92 Å². The van der Waals surface area contributed by atoms with E-state index >= 15 is 0 Å². The van der Waals surface area contributed by atoms with E-state index in [-0.39, 0.29) is 10.9 Å². The van der Waals surface area contributed by atoms with Gasteiger partial charge in [-0.25, -0.2) is 17.5 Å². The van der Waals surface area contributed by atoms with E-state index < -0.39 is 10.0 Å². The summed E-state index contributed by atoms with van der Waals surface area (Å²) in [6.07, 6.45) is 0.828. The normalized spacial score (nSPS) is 11.4. The van der Waals surface area contributed by atoms with Crippen LogP contribution < -0.4 is 5.32 Å². The summed E-state index contributed by atoms with van der Waals surface area (Å²) in [5, 5.41) is 2.87. The van der Waals surface area contributed by atoms with Gasteiger partial charge in [0.25, 0.3) is 0 Å². The lowest BCUT2D eigenvalue weighted by Gasteiger charge is -2.23. The molecule has 2 aromatic carbocycles. The molecule has 1 N–H and O–H groups in total. The Kier molecular flexibility index (Phi) is 6.98. The number of anilines is 1. The van der Waals surface area contributed by atoms with Gasteiger partial charge in [0.15, 0.2) is 0 Å². The van der Waals surface area contributed by atoms with E-state index in [0.717, 1.165) is 21.9 Å². The third-order valence-electron chi connectivity index (χ3n) is 4.23. The van der Waals surface area contributed by atoms with E-state index in [1.54, 1.807) is 17.0 Å². The largest absolute Gasteiger partial charge is 0.322 e. The molecule has 0 aliphatic rings. The molecule has 0 saturated heterocycles. The van der Waals surface area contributed by atoms with Gasteiger partial charge in [-0.15, -0.1) is 0 Å². The average Bonchev–Trinajstić information content (AvgIpc) is 2.63. The zero-order valence-corrected chi connectivity index (χ0v) is 17.1. The fourth-order valence-corrected chi connectivity index (χ4v) is 3.56. The van der Waals surface area contributed by atoms with Gasteiger partial charge >= 0.3 is 6.03 Å². The first-order valence-corrected chi connectivity index (χ1v) is 10.3. The van der Waals surface area contributed by atoms with Gasteiger partial charge in [0, 0.05) is 32.9 Å². The maximum Gasteiger partial charge on any atom is 0.322 e. The van der Waals surface area contributed by atoms with Gasteiger partial charge in [-0.3, -0.25) is 0 Å². The molecule has 0 saturated carbocycles. The van der Waals surface area contributed by atoms with Gasteiger partial charge in [0.05, 0.1) is 4.90 Å². The van der Waals surface area contributed by atoms with E-state index in [4.69, 9.17) is 0 Å². The van der Waals surface area contributed by atoms with E-state index in [2.05, 4.69) is 5.32 Å². The molecule has 2 rings (SSSR count). The summed E-state index contributed by atoms with van der Waals surface area (Å²) in [4.78, 5) is 14.7. The Morgan fingerprint density at radius 2 is 1.74 bits per heavy atom. The Labute approximate surface area is 161 Å². The summed E-state index contributed by atoms with van der Waals surface area (Å²) in [6, 6.07) is 14.3. The van der Waals surface area contributed by atoms with Crippen LogP contribution in [0.15, 0.2) is 53.4 Å². The van der Waals surface area contributed by atoms with Crippen LogP contribution in [0.4, 0.5) is 10.5 Å². The second kappa shape index (κ2) is 9.01. The number of nitrogens with one attached hydrogen (secondary N) is 1. The van der Waals surface area contributed by atoms with Crippen molar-refractivity contribution in [3.8, 4) is 0 Å². The van der Waals surface area contributed by atoms with Crippen LogP contribution in [-0.2, 0) is 16.6 Å². The first kappa shape index (κ1) is 20.9. The van der Waals surface area contributed by atoms with Crippen molar-refractivity contribution in [1.82, 2.24) is 9.21 Å². The minimum absolute atomic E-state index is 0.151. The van der Waals surface area contributed by atoms with Crippen LogP contribution in [0.3, 0.4) is 0 Å². The van der Waals surface area contributed by atoms with Crippen molar-refractivity contribution in [3.63, 3.8) is 0 Å². The number of carbonyl (C=O) groups is 1. The minimum atomic E-state index is -3.56. The molecule has 0 bridgehead atoms. The highest BCUT2D eigenvalue weighted by Crippen LogP contribution is 2.22. The molecular weight excluding hydrogens is 362 g/mol. The molecule has 0 unspecified atom stereocenters. The molecule has 0 aromatic heterocycles. The molecular formula is C20H27N3O3S. The molecule has 7 heteroatoms. The van der Waals surface area contributed by atoms with Crippen molar-refractivity contribution < 1.29 is 13.2 Å². The molecule has 2 aromatic rings. The van der Waals surface area contributed by atoms with Crippen LogP contribution in [0.2, 0.25) is 0 Å². The lowest BCUT2D eigenvalue weighted by molar-refractivity contribution is 0.209. The van der Waals surface area contributed by atoms with Crippen LogP contribution in [0.1, 0.15) is 24.5 Å². The van der Waals surface area contributed by atoms with Crippen LogP contribution in [0.5, 0.6) is 0 Å². The number of urea groups is 1. The van der Waals surface area contributed by atoms with Crippen molar-refractivity contribution in [3.05, 3.63) is 59.7 Å². The Balaban J connectivity index is 2.24. The number of amides is 2. The zero-order chi connectivity index (χ0) is 20.0. The second-order valence-corrected chi connectivity index (χ2v) is 8.75. The number of nitrogens with zero attached hydrogens (tertiary/aromatic N) is 2. The van der Waals surface area contributed by atoms with Crippen molar-refractivity contribution in [2.75, 3.05) is 26.0 Å². The molecule has 0 radical (unpaired) electrons. The summed E-state index contributed by atoms with van der Waals surface area (Å²) in [7, 11) is -0.598. The Morgan fingerprint density at radius 3 is 2.33 bits per heavy atom. The maximum absolute atomic E-state index is 12.8. The van der Waals surface area contributed by atoms with Crippen LogP contribution in [0.25, 0.3) is 0 Å². The van der Waals surface area contributed by atoms with Gasteiger partial charge < -0.3 is 10.2 Å². The number of rotatable bonds is 7. The van der Waals surface area contributed by atoms with E-state index in [0.29, 0.717) is 18.8 Å². The third-order valence-corrected chi connectivity index (χ3v) is 6.04. The molecule has 0 heterocycles. The standard InChI is InChI=1S/C20H27N3O3S/c1-5-13-23(15-17-9-7-6-8-10-17)20(24)21-19-14-18(12-11-16(19)2)27(25,26)22(3)4/h6-12,14H,5,13,15H2,1-4H3,(H,21,24). The van der Waals surface area contributed by atoms with E-state index in [1.807, 2.05) is 44.2 Å². The lowest BCUT2D eigenvalue weighted by Crippen LogP contribution is -2.35. The third kappa shape index (κ3) is 5.30. The highest BCUT2D eigenvalue weighted by atomic mass is 32.2. The Morgan fingerprint density at radius 1 is 1.07 bits per heavy atom. The molecule has 0 aliphatic heterocycles. The Hall–Kier alpha value is -2.38. The molecule has 27 heavy (non-hydrogen) atoms. The first-order valence-electron chi connectivity index (χ1n) is 8.88. The quantitative estimate of drug-likeness (QED) is 0.785. The fraction of sp³-hybridized carbons (Fsp3) is 0.350. The van der Waals surface area contributed by atoms with Gasteiger partial charge in [0.2, 0.25) is 10.0 Å². The molecule has 6 nitrogen and oxygen atoms in total. The smallest absolute Gasteiger partial charge is 0.320 e. The number of aryl methyl sites for hydroxylation is 1. The monoisotopic (exact) mass is 389 g/mol. The van der Waals surface area contributed by atoms with Crippen molar-refractivity contribution in [2.24, 2.45) is 0 Å². The van der Waals surface area contributed by atoms with Gasteiger partial charge in [-0.1, -0.05) is 43.3 Å². The number of hydrogen-bond donors (Lipinski definition) is 1. The van der Waals surface area contributed by atoms with Crippen molar-refractivity contribution >= 4 is 21.7 Å². The summed E-state index contributed by atoms with van der Waals surface area (Å²) >= 11 is 0. The number of sulfonamides is 1. The van der Waals surface area contributed by atoms with Crippen LogP contribution >= 0.6 is 0 Å². The van der Waals surface area contributed by atoms with Crippen molar-refractivity contribution in [2.45, 2.75) is 31.7 Å².